The molecule has 10 heavy (non-hydrogen) atoms. The maximum Gasteiger partial charge on any atom is -0.00256 e. The number of fused-ring (bicyclic) bond motifs is 2. The van der Waals surface area contributed by atoms with Crippen LogP contribution in [-0.2, 0) is 6.42 Å². The summed E-state index contributed by atoms with van der Waals surface area (Å²) in [5.74, 6) is 0. The topological polar surface area (TPSA) is 35.0 Å². The Morgan fingerprint density at radius 3 is 1.50 bits per heavy atom. The minimum Gasteiger partial charge on any atom is -0.344 e. The number of halogens is 2. The summed E-state index contributed by atoms with van der Waals surface area (Å²) in [6.07, 6.45) is 1.22. The van der Waals surface area contributed by atoms with Crippen molar-refractivity contribution in [3.63, 3.8) is 0 Å². The molecule has 0 amide bonds. The second kappa shape index (κ2) is 4.56. The van der Waals surface area contributed by atoms with Crippen molar-refractivity contribution in [3.05, 3.63) is 35.4 Å². The highest BCUT2D eigenvalue weighted by atomic mass is 35.5. The van der Waals surface area contributed by atoms with Crippen LogP contribution in [-0.4, -0.2) is 0 Å². The van der Waals surface area contributed by atoms with Gasteiger partial charge in [0.2, 0.25) is 0 Å². The molecule has 0 atom stereocenters. The average molecular weight is 180 g/mol. The first-order valence-corrected chi connectivity index (χ1v) is 2.53. The van der Waals surface area contributed by atoms with E-state index in [9.17, 15) is 0 Å². The molecule has 58 valence electrons. The lowest BCUT2D eigenvalue weighted by Gasteiger charge is -2.11. The SMILES string of the molecule is Cl.Cl.N.c1cc2cc(c1)C2. The molecule has 3 heteroatoms. The highest BCUT2D eigenvalue weighted by Crippen LogP contribution is 2.18. The molecule has 2 bridgehead atoms. The Labute approximate surface area is 73.2 Å². The van der Waals surface area contributed by atoms with Crippen LogP contribution in [0, 0.1) is 0 Å². The third-order valence-corrected chi connectivity index (χ3v) is 1.40. The molecule has 1 nitrogen and oxygen atoms in total. The number of hydrogen-bond donors (Lipinski definition) is 1. The van der Waals surface area contributed by atoms with Crippen molar-refractivity contribution in [2.24, 2.45) is 0 Å². The Morgan fingerprint density at radius 1 is 1.00 bits per heavy atom. The van der Waals surface area contributed by atoms with Crippen LogP contribution < -0.4 is 6.15 Å². The zero-order valence-corrected chi connectivity index (χ0v) is 7.17. The van der Waals surface area contributed by atoms with Crippen molar-refractivity contribution in [2.75, 3.05) is 0 Å². The van der Waals surface area contributed by atoms with Crippen LogP contribution in [0.1, 0.15) is 11.1 Å². The third kappa shape index (κ3) is 1.87. The molecule has 0 aromatic heterocycles. The fraction of sp³-hybridized carbons (Fsp3) is 0.143. The lowest BCUT2D eigenvalue weighted by atomic mass is 9.94. The first kappa shape index (κ1) is 12.4. The Balaban J connectivity index is 0. The summed E-state index contributed by atoms with van der Waals surface area (Å²) in [6, 6.07) is 8.65. The molecule has 0 aliphatic heterocycles. The van der Waals surface area contributed by atoms with Gasteiger partial charge in [0.1, 0.15) is 0 Å². The van der Waals surface area contributed by atoms with Gasteiger partial charge in [-0.05, 0) is 17.5 Å². The van der Waals surface area contributed by atoms with Crippen LogP contribution in [0.2, 0.25) is 0 Å². The van der Waals surface area contributed by atoms with Gasteiger partial charge in [-0.1, -0.05) is 24.3 Å². The monoisotopic (exact) mass is 179 g/mol. The third-order valence-electron chi connectivity index (χ3n) is 1.40. The quantitative estimate of drug-likeness (QED) is 0.664. The van der Waals surface area contributed by atoms with E-state index in [-0.39, 0.29) is 31.0 Å². The molecule has 0 spiro atoms. The summed E-state index contributed by atoms with van der Waals surface area (Å²) in [7, 11) is 0. The molecule has 0 radical (unpaired) electrons. The van der Waals surface area contributed by atoms with E-state index in [1.165, 1.54) is 17.5 Å². The summed E-state index contributed by atoms with van der Waals surface area (Å²) in [4.78, 5) is 0. The van der Waals surface area contributed by atoms with Gasteiger partial charge >= 0.3 is 0 Å². The molecule has 1 aromatic carbocycles. The predicted molar refractivity (Wildman–Crippen MR) is 48.8 cm³/mol. The molecule has 1 aromatic rings. The first-order chi connectivity index (χ1) is 3.45. The van der Waals surface area contributed by atoms with Gasteiger partial charge in [-0.3, -0.25) is 0 Å². The van der Waals surface area contributed by atoms with Crippen molar-refractivity contribution < 1.29 is 0 Å². The molecular weight excluding hydrogens is 169 g/mol. The van der Waals surface area contributed by atoms with Gasteiger partial charge < -0.3 is 6.15 Å². The molecule has 0 saturated heterocycles. The van der Waals surface area contributed by atoms with Gasteiger partial charge in [0.05, 0.1) is 0 Å². The molecule has 2 aliphatic rings. The van der Waals surface area contributed by atoms with E-state index in [1.54, 1.807) is 0 Å². The van der Waals surface area contributed by atoms with Crippen LogP contribution >= 0.6 is 24.8 Å². The van der Waals surface area contributed by atoms with E-state index < -0.39 is 0 Å². The summed E-state index contributed by atoms with van der Waals surface area (Å²) in [5, 5.41) is 0. The van der Waals surface area contributed by atoms with Crippen LogP contribution in [0.5, 0.6) is 0 Å². The smallest absolute Gasteiger partial charge is 0.00256 e. The number of benzene rings is 1. The summed E-state index contributed by atoms with van der Waals surface area (Å²) >= 11 is 0. The lowest BCUT2D eigenvalue weighted by molar-refractivity contribution is 1.09. The van der Waals surface area contributed by atoms with Gasteiger partial charge in [0.15, 0.2) is 0 Å². The molecule has 2 aliphatic carbocycles. The highest BCUT2D eigenvalue weighted by Gasteiger charge is 2.04. The Bertz CT molecular complexity index is 176. The standard InChI is InChI=1S/C7H6.2ClH.H3N/c1-2-6-4-7(3-1)5-6;;;/h1-4H,5H2;2*1H;1H3. The predicted octanol–water partition coefficient (Wildman–Crippen LogP) is 2.60. The second-order valence-electron chi connectivity index (χ2n) is 2.00. The normalized spacial score (nSPS) is 9.20. The van der Waals surface area contributed by atoms with Gasteiger partial charge in [-0.15, -0.1) is 24.8 Å². The van der Waals surface area contributed by atoms with Crippen LogP contribution in [0.25, 0.3) is 0 Å². The van der Waals surface area contributed by atoms with Gasteiger partial charge in [-0.2, -0.15) is 0 Å². The number of rotatable bonds is 0. The average Bonchev–Trinajstić information content (AvgIpc) is 1.67. The van der Waals surface area contributed by atoms with E-state index in [0.29, 0.717) is 0 Å². The van der Waals surface area contributed by atoms with E-state index in [1.807, 2.05) is 0 Å². The number of hydrogen-bond acceptors (Lipinski definition) is 1. The van der Waals surface area contributed by atoms with E-state index >= 15 is 0 Å². The second-order valence-corrected chi connectivity index (χ2v) is 2.00. The van der Waals surface area contributed by atoms with E-state index in [0.717, 1.165) is 0 Å². The largest absolute Gasteiger partial charge is 0.344 e. The van der Waals surface area contributed by atoms with E-state index in [4.69, 9.17) is 0 Å². The Morgan fingerprint density at radius 2 is 1.40 bits per heavy atom. The van der Waals surface area contributed by atoms with Gasteiger partial charge in [0, 0.05) is 0 Å². The first-order valence-electron chi connectivity index (χ1n) is 2.53. The van der Waals surface area contributed by atoms with E-state index in [2.05, 4.69) is 24.3 Å². The summed E-state index contributed by atoms with van der Waals surface area (Å²) in [5.41, 5.74) is 2.97. The molecule has 3 rings (SSSR count). The zero-order chi connectivity index (χ0) is 4.69. The van der Waals surface area contributed by atoms with Crippen LogP contribution in [0.15, 0.2) is 24.3 Å². The molecule has 0 heterocycles. The van der Waals surface area contributed by atoms with Crippen molar-refractivity contribution in [2.45, 2.75) is 6.42 Å². The Hall–Kier alpha value is -0.240. The Kier molecular flexibility index (Phi) is 5.67. The fourth-order valence-electron chi connectivity index (χ4n) is 0.954. The van der Waals surface area contributed by atoms with Gasteiger partial charge in [0.25, 0.3) is 0 Å². The minimum atomic E-state index is 0. The van der Waals surface area contributed by atoms with Crippen LogP contribution in [0.4, 0.5) is 0 Å². The van der Waals surface area contributed by atoms with Gasteiger partial charge in [-0.25, -0.2) is 0 Å². The maximum absolute atomic E-state index is 2.22. The molecular formula is C7H11Cl2N. The van der Waals surface area contributed by atoms with Crippen molar-refractivity contribution >= 4 is 24.8 Å². The zero-order valence-electron chi connectivity index (χ0n) is 5.54. The molecule has 0 fully saturated rings. The molecule has 3 N–H and O–H groups in total. The van der Waals surface area contributed by atoms with Crippen LogP contribution in [0.3, 0.4) is 0 Å². The minimum absolute atomic E-state index is 0. The highest BCUT2D eigenvalue weighted by molar-refractivity contribution is 5.85. The van der Waals surface area contributed by atoms with Crippen molar-refractivity contribution in [1.29, 1.82) is 0 Å². The van der Waals surface area contributed by atoms with Crippen molar-refractivity contribution in [1.82, 2.24) is 6.15 Å². The summed E-state index contributed by atoms with van der Waals surface area (Å²) in [6.45, 7) is 0. The lowest BCUT2D eigenvalue weighted by Crippen LogP contribution is -1.97. The molecule has 0 unspecified atom stereocenters. The maximum atomic E-state index is 2.22. The van der Waals surface area contributed by atoms with Crippen molar-refractivity contribution in [3.8, 4) is 0 Å². The summed E-state index contributed by atoms with van der Waals surface area (Å²) < 4.78 is 0. The fourth-order valence-corrected chi connectivity index (χ4v) is 0.954. The molecule has 0 saturated carbocycles.